The average Bonchev–Trinajstić information content (AvgIpc) is 3.07. The highest BCUT2D eigenvalue weighted by molar-refractivity contribution is 5.95. The maximum Gasteiger partial charge on any atom is 0.255 e. The molecule has 0 fully saturated rings. The molecule has 0 spiro atoms. The minimum absolute atomic E-state index is 0.125. The Kier molecular flexibility index (Phi) is 3.43. The van der Waals surface area contributed by atoms with Gasteiger partial charge in [0.05, 0.1) is 28.8 Å². The van der Waals surface area contributed by atoms with Crippen LogP contribution in [0.15, 0.2) is 30.5 Å². The molecule has 6 nitrogen and oxygen atoms in total. The van der Waals surface area contributed by atoms with Crippen molar-refractivity contribution in [1.29, 1.82) is 0 Å². The van der Waals surface area contributed by atoms with E-state index in [0.717, 1.165) is 29.0 Å². The molecule has 3 aromatic rings. The van der Waals surface area contributed by atoms with Crippen LogP contribution >= 0.6 is 0 Å². The maximum atomic E-state index is 12.2. The summed E-state index contributed by atoms with van der Waals surface area (Å²) in [4.78, 5) is 19.8. The fourth-order valence-electron chi connectivity index (χ4n) is 2.33. The average molecular weight is 283 g/mol. The summed E-state index contributed by atoms with van der Waals surface area (Å²) in [5.41, 5.74) is 3.30. The predicted molar refractivity (Wildman–Crippen MR) is 79.8 cm³/mol. The van der Waals surface area contributed by atoms with Crippen molar-refractivity contribution in [3.8, 4) is 0 Å². The second kappa shape index (κ2) is 5.40. The molecule has 0 atom stereocenters. The number of hydrogen-bond acceptors (Lipinski definition) is 3. The number of H-pyrrole nitrogens is 1. The molecule has 108 valence electrons. The molecule has 2 N–H and O–H groups in total. The van der Waals surface area contributed by atoms with Gasteiger partial charge in [-0.15, -0.1) is 0 Å². The third-order valence-electron chi connectivity index (χ3n) is 3.34. The van der Waals surface area contributed by atoms with Gasteiger partial charge in [-0.25, -0.2) is 4.98 Å². The van der Waals surface area contributed by atoms with Crippen LogP contribution in [0.4, 0.5) is 0 Å². The summed E-state index contributed by atoms with van der Waals surface area (Å²) < 4.78 is 1.66. The summed E-state index contributed by atoms with van der Waals surface area (Å²) in [7, 11) is 1.81. The van der Waals surface area contributed by atoms with E-state index in [1.54, 1.807) is 10.9 Å². The van der Waals surface area contributed by atoms with Crippen molar-refractivity contribution in [2.75, 3.05) is 0 Å². The molecule has 6 heteroatoms. The Morgan fingerprint density at radius 2 is 2.19 bits per heavy atom. The molecule has 0 saturated carbocycles. The van der Waals surface area contributed by atoms with Crippen molar-refractivity contribution in [3.63, 3.8) is 0 Å². The van der Waals surface area contributed by atoms with Gasteiger partial charge in [0.25, 0.3) is 5.91 Å². The zero-order chi connectivity index (χ0) is 14.8. The zero-order valence-corrected chi connectivity index (χ0v) is 12.1. The van der Waals surface area contributed by atoms with Crippen LogP contribution in [0.2, 0.25) is 0 Å². The highest BCUT2D eigenvalue weighted by atomic mass is 16.1. The van der Waals surface area contributed by atoms with Crippen molar-refractivity contribution in [2.24, 2.45) is 7.05 Å². The molecule has 1 aromatic carbocycles. The van der Waals surface area contributed by atoms with Crippen molar-refractivity contribution < 1.29 is 4.79 Å². The van der Waals surface area contributed by atoms with Crippen molar-refractivity contribution in [2.45, 2.75) is 19.9 Å². The lowest BCUT2D eigenvalue weighted by atomic mass is 10.2. The molecule has 2 heterocycles. The Morgan fingerprint density at radius 1 is 1.38 bits per heavy atom. The summed E-state index contributed by atoms with van der Waals surface area (Å²) in [6.07, 6.45) is 2.47. The number of benzene rings is 1. The number of para-hydroxylation sites is 2. The molecule has 0 unspecified atom stereocenters. The molecule has 0 radical (unpaired) electrons. The molecule has 2 aromatic heterocycles. The minimum atomic E-state index is -0.125. The molecule has 0 bridgehead atoms. The largest absolute Gasteiger partial charge is 0.345 e. The fraction of sp³-hybridized carbons (Fsp3) is 0.267. The van der Waals surface area contributed by atoms with E-state index in [0.29, 0.717) is 12.1 Å². The lowest BCUT2D eigenvalue weighted by molar-refractivity contribution is 0.0949. The Morgan fingerprint density at radius 3 is 2.95 bits per heavy atom. The first kappa shape index (κ1) is 13.4. The Hall–Kier alpha value is -2.63. The van der Waals surface area contributed by atoms with Crippen LogP contribution in [-0.4, -0.2) is 25.7 Å². The number of carbonyl (C=O) groups excluding carboxylic acids is 1. The molecule has 1 amide bonds. The van der Waals surface area contributed by atoms with Crippen LogP contribution in [0.25, 0.3) is 11.0 Å². The smallest absolute Gasteiger partial charge is 0.255 e. The van der Waals surface area contributed by atoms with Crippen LogP contribution in [0.1, 0.15) is 28.8 Å². The predicted octanol–water partition coefficient (Wildman–Crippen LogP) is 1.79. The molecule has 3 rings (SSSR count). The SMILES string of the molecule is CCc1nn(C)cc1C(=O)NCc1nc2ccccc2[nH]1. The number of amides is 1. The third kappa shape index (κ3) is 2.65. The van der Waals surface area contributed by atoms with Gasteiger partial charge in [0, 0.05) is 13.2 Å². The first-order valence-corrected chi connectivity index (χ1v) is 6.91. The molecule has 0 saturated heterocycles. The van der Waals surface area contributed by atoms with Gasteiger partial charge in [0.15, 0.2) is 0 Å². The van der Waals surface area contributed by atoms with Gasteiger partial charge in [0.2, 0.25) is 0 Å². The quantitative estimate of drug-likeness (QED) is 0.766. The van der Waals surface area contributed by atoms with Crippen molar-refractivity contribution in [3.05, 3.63) is 47.5 Å². The molecule has 21 heavy (non-hydrogen) atoms. The van der Waals surface area contributed by atoms with E-state index in [-0.39, 0.29) is 5.91 Å². The van der Waals surface area contributed by atoms with Gasteiger partial charge in [-0.3, -0.25) is 9.48 Å². The molecule has 0 aliphatic rings. The number of aromatic amines is 1. The summed E-state index contributed by atoms with van der Waals surface area (Å²) in [6, 6.07) is 7.79. The van der Waals surface area contributed by atoms with Gasteiger partial charge in [0.1, 0.15) is 5.82 Å². The highest BCUT2D eigenvalue weighted by Gasteiger charge is 2.14. The number of imidazole rings is 1. The highest BCUT2D eigenvalue weighted by Crippen LogP contribution is 2.11. The molecular weight excluding hydrogens is 266 g/mol. The molecule has 0 aliphatic carbocycles. The summed E-state index contributed by atoms with van der Waals surface area (Å²) >= 11 is 0. The van der Waals surface area contributed by atoms with Crippen LogP contribution < -0.4 is 5.32 Å². The van der Waals surface area contributed by atoms with Crippen LogP contribution in [0, 0.1) is 0 Å². The number of hydrogen-bond donors (Lipinski definition) is 2. The van der Waals surface area contributed by atoms with Gasteiger partial charge in [-0.2, -0.15) is 5.10 Å². The number of rotatable bonds is 4. The lowest BCUT2D eigenvalue weighted by Gasteiger charge is -2.02. The number of nitrogens with zero attached hydrogens (tertiary/aromatic N) is 3. The summed E-state index contributed by atoms with van der Waals surface area (Å²) in [5, 5.41) is 7.15. The van der Waals surface area contributed by atoms with Crippen LogP contribution in [0.3, 0.4) is 0 Å². The van der Waals surface area contributed by atoms with E-state index in [2.05, 4.69) is 20.4 Å². The van der Waals surface area contributed by atoms with E-state index < -0.39 is 0 Å². The van der Waals surface area contributed by atoms with E-state index in [9.17, 15) is 4.79 Å². The summed E-state index contributed by atoms with van der Waals surface area (Å²) in [5.74, 6) is 0.617. The van der Waals surface area contributed by atoms with Crippen molar-refractivity contribution in [1.82, 2.24) is 25.1 Å². The maximum absolute atomic E-state index is 12.2. The van der Waals surface area contributed by atoms with Crippen LogP contribution in [-0.2, 0) is 20.0 Å². The number of fused-ring (bicyclic) bond motifs is 1. The fourth-order valence-corrected chi connectivity index (χ4v) is 2.33. The van der Waals surface area contributed by atoms with E-state index in [1.165, 1.54) is 0 Å². The van der Waals surface area contributed by atoms with Gasteiger partial charge in [-0.05, 0) is 18.6 Å². The van der Waals surface area contributed by atoms with Crippen LogP contribution in [0.5, 0.6) is 0 Å². The van der Waals surface area contributed by atoms with E-state index >= 15 is 0 Å². The normalized spacial score (nSPS) is 11.0. The first-order valence-electron chi connectivity index (χ1n) is 6.91. The monoisotopic (exact) mass is 283 g/mol. The Balaban J connectivity index is 1.73. The molecular formula is C15H17N5O. The number of aryl methyl sites for hydroxylation is 2. The van der Waals surface area contributed by atoms with E-state index in [4.69, 9.17) is 0 Å². The number of nitrogens with one attached hydrogen (secondary N) is 2. The number of carbonyl (C=O) groups is 1. The second-order valence-corrected chi connectivity index (χ2v) is 4.90. The second-order valence-electron chi connectivity index (χ2n) is 4.90. The topological polar surface area (TPSA) is 75.6 Å². The van der Waals surface area contributed by atoms with Gasteiger partial charge >= 0.3 is 0 Å². The standard InChI is InChI=1S/C15H17N5O/c1-3-11-10(9-20(2)19-11)15(21)16-8-14-17-12-6-4-5-7-13(12)18-14/h4-7,9H,3,8H2,1-2H3,(H,16,21)(H,17,18). The third-order valence-corrected chi connectivity index (χ3v) is 3.34. The minimum Gasteiger partial charge on any atom is -0.345 e. The van der Waals surface area contributed by atoms with E-state index in [1.807, 2.05) is 38.2 Å². The van der Waals surface area contributed by atoms with Gasteiger partial charge in [-0.1, -0.05) is 19.1 Å². The van der Waals surface area contributed by atoms with Gasteiger partial charge < -0.3 is 10.3 Å². The number of aromatic nitrogens is 4. The first-order chi connectivity index (χ1) is 10.2. The zero-order valence-electron chi connectivity index (χ0n) is 12.1. The molecule has 0 aliphatic heterocycles. The lowest BCUT2D eigenvalue weighted by Crippen LogP contribution is -2.24. The Bertz CT molecular complexity index is 753. The summed E-state index contributed by atoms with van der Waals surface area (Å²) in [6.45, 7) is 2.35. The van der Waals surface area contributed by atoms with Crippen molar-refractivity contribution >= 4 is 16.9 Å². The Labute approximate surface area is 122 Å².